The molecular formula is C13H13BrFN3O. The van der Waals surface area contributed by atoms with E-state index in [2.05, 4.69) is 25.9 Å². The highest BCUT2D eigenvalue weighted by molar-refractivity contribution is 9.10. The number of halogens is 2. The van der Waals surface area contributed by atoms with E-state index in [1.165, 1.54) is 18.5 Å². The van der Waals surface area contributed by atoms with E-state index in [9.17, 15) is 4.39 Å². The average molecular weight is 326 g/mol. The summed E-state index contributed by atoms with van der Waals surface area (Å²) in [5, 5.41) is 0. The van der Waals surface area contributed by atoms with Crippen LogP contribution in [0.2, 0.25) is 0 Å². The Hall–Kier alpha value is -1.69. The van der Waals surface area contributed by atoms with E-state index in [1.54, 1.807) is 6.07 Å². The third kappa shape index (κ3) is 3.20. The molecule has 0 unspecified atom stereocenters. The van der Waals surface area contributed by atoms with E-state index in [1.807, 2.05) is 13.8 Å². The molecule has 0 fully saturated rings. The van der Waals surface area contributed by atoms with Gasteiger partial charge in [0.25, 0.3) is 0 Å². The van der Waals surface area contributed by atoms with Gasteiger partial charge in [-0.1, -0.05) is 29.8 Å². The molecule has 1 aromatic heterocycles. The summed E-state index contributed by atoms with van der Waals surface area (Å²) in [6, 6.07) is 4.29. The van der Waals surface area contributed by atoms with Gasteiger partial charge >= 0.3 is 0 Å². The minimum Gasteiger partial charge on any atom is -0.438 e. The van der Waals surface area contributed by atoms with Gasteiger partial charge in [-0.3, -0.25) is 0 Å². The van der Waals surface area contributed by atoms with Crippen LogP contribution in [0, 0.1) is 5.82 Å². The topological polar surface area (TPSA) is 61.0 Å². The summed E-state index contributed by atoms with van der Waals surface area (Å²) >= 11 is 3.21. The lowest BCUT2D eigenvalue weighted by atomic mass is 10.1. The quantitative estimate of drug-likeness (QED) is 0.930. The van der Waals surface area contributed by atoms with E-state index in [-0.39, 0.29) is 5.92 Å². The van der Waals surface area contributed by atoms with Crippen molar-refractivity contribution >= 4 is 21.7 Å². The van der Waals surface area contributed by atoms with E-state index < -0.39 is 5.82 Å². The summed E-state index contributed by atoms with van der Waals surface area (Å²) in [7, 11) is 0. The molecule has 0 aliphatic rings. The standard InChI is InChI=1S/C13H13BrFN3O/c1-7(2)11-12(16)17-6-18-13(11)19-10-4-8(14)3-9(15)5-10/h3-7H,1-2H3,(H2,16,17,18). The van der Waals surface area contributed by atoms with Crippen molar-refractivity contribution in [2.75, 3.05) is 5.73 Å². The van der Waals surface area contributed by atoms with Crippen LogP contribution in [0.4, 0.5) is 10.2 Å². The molecule has 1 heterocycles. The summed E-state index contributed by atoms with van der Waals surface area (Å²) in [6.07, 6.45) is 1.32. The van der Waals surface area contributed by atoms with Crippen LogP contribution >= 0.6 is 15.9 Å². The Balaban J connectivity index is 2.40. The zero-order valence-corrected chi connectivity index (χ0v) is 12.1. The fourth-order valence-corrected chi connectivity index (χ4v) is 2.16. The molecule has 0 saturated heterocycles. The van der Waals surface area contributed by atoms with Crippen molar-refractivity contribution in [3.8, 4) is 11.6 Å². The van der Waals surface area contributed by atoms with Crippen molar-refractivity contribution in [3.63, 3.8) is 0 Å². The molecule has 0 radical (unpaired) electrons. The molecule has 0 saturated carbocycles. The van der Waals surface area contributed by atoms with Gasteiger partial charge in [0.15, 0.2) is 0 Å². The number of nitrogens with two attached hydrogens (primary N) is 1. The van der Waals surface area contributed by atoms with Gasteiger partial charge in [0.05, 0.1) is 5.56 Å². The third-order valence-corrected chi connectivity index (χ3v) is 2.96. The molecule has 0 bridgehead atoms. The molecule has 0 spiro atoms. The lowest BCUT2D eigenvalue weighted by Gasteiger charge is -2.14. The number of aromatic nitrogens is 2. The molecule has 0 aliphatic heterocycles. The van der Waals surface area contributed by atoms with Crippen LogP contribution in [0.1, 0.15) is 25.3 Å². The number of hydrogen-bond acceptors (Lipinski definition) is 4. The minimum absolute atomic E-state index is 0.105. The molecule has 6 heteroatoms. The molecular weight excluding hydrogens is 313 g/mol. The summed E-state index contributed by atoms with van der Waals surface area (Å²) in [5.41, 5.74) is 6.53. The van der Waals surface area contributed by atoms with Gasteiger partial charge in [-0.15, -0.1) is 0 Å². The molecule has 19 heavy (non-hydrogen) atoms. The highest BCUT2D eigenvalue weighted by Gasteiger charge is 2.15. The largest absolute Gasteiger partial charge is 0.438 e. The van der Waals surface area contributed by atoms with Crippen molar-refractivity contribution in [2.24, 2.45) is 0 Å². The Kier molecular flexibility index (Phi) is 3.99. The average Bonchev–Trinajstić information content (AvgIpc) is 2.26. The second kappa shape index (κ2) is 5.52. The Bertz CT molecular complexity index is 584. The zero-order chi connectivity index (χ0) is 14.0. The number of hydrogen-bond donors (Lipinski definition) is 1. The first kappa shape index (κ1) is 13.7. The maximum absolute atomic E-state index is 13.3. The van der Waals surface area contributed by atoms with Gasteiger partial charge < -0.3 is 10.5 Å². The van der Waals surface area contributed by atoms with Crippen molar-refractivity contribution in [1.29, 1.82) is 0 Å². The Labute approximate surface area is 119 Å². The second-order valence-electron chi connectivity index (χ2n) is 4.34. The number of nitrogen functional groups attached to an aromatic ring is 1. The van der Waals surface area contributed by atoms with E-state index in [0.29, 0.717) is 27.5 Å². The van der Waals surface area contributed by atoms with Crippen molar-refractivity contribution in [2.45, 2.75) is 19.8 Å². The molecule has 0 amide bonds. The molecule has 2 rings (SSSR count). The molecule has 100 valence electrons. The fourth-order valence-electron chi connectivity index (χ4n) is 1.72. The van der Waals surface area contributed by atoms with Gasteiger partial charge in [-0.2, -0.15) is 0 Å². The summed E-state index contributed by atoms with van der Waals surface area (Å²) < 4.78 is 19.5. The highest BCUT2D eigenvalue weighted by atomic mass is 79.9. The van der Waals surface area contributed by atoms with Gasteiger partial charge in [0.1, 0.15) is 23.7 Å². The van der Waals surface area contributed by atoms with Crippen LogP contribution in [-0.2, 0) is 0 Å². The third-order valence-electron chi connectivity index (χ3n) is 2.51. The number of anilines is 1. The first-order valence-electron chi connectivity index (χ1n) is 5.71. The van der Waals surface area contributed by atoms with Gasteiger partial charge in [-0.05, 0) is 18.1 Å². The van der Waals surface area contributed by atoms with Gasteiger partial charge in [-0.25, -0.2) is 14.4 Å². The summed E-state index contributed by atoms with van der Waals surface area (Å²) in [4.78, 5) is 8.01. The van der Waals surface area contributed by atoms with Gasteiger partial charge in [0.2, 0.25) is 5.88 Å². The molecule has 2 aromatic rings. The molecule has 2 N–H and O–H groups in total. The maximum atomic E-state index is 13.3. The molecule has 0 atom stereocenters. The highest BCUT2D eigenvalue weighted by Crippen LogP contribution is 2.32. The SMILES string of the molecule is CC(C)c1c(N)ncnc1Oc1cc(F)cc(Br)c1. The number of benzene rings is 1. The van der Waals surface area contributed by atoms with Crippen LogP contribution in [-0.4, -0.2) is 9.97 Å². The zero-order valence-electron chi connectivity index (χ0n) is 10.5. The first-order valence-corrected chi connectivity index (χ1v) is 6.51. The van der Waals surface area contributed by atoms with Crippen LogP contribution in [0.15, 0.2) is 29.0 Å². The normalized spacial score (nSPS) is 10.8. The smallest absolute Gasteiger partial charge is 0.227 e. The molecule has 1 aromatic carbocycles. The Morgan fingerprint density at radius 1 is 1.26 bits per heavy atom. The fraction of sp³-hybridized carbons (Fsp3) is 0.231. The lowest BCUT2D eigenvalue weighted by Crippen LogP contribution is -2.04. The predicted octanol–water partition coefficient (Wildman–Crippen LogP) is 3.88. The monoisotopic (exact) mass is 325 g/mol. The van der Waals surface area contributed by atoms with E-state index in [0.717, 1.165) is 0 Å². The first-order chi connectivity index (χ1) is 8.97. The second-order valence-corrected chi connectivity index (χ2v) is 5.26. The predicted molar refractivity (Wildman–Crippen MR) is 74.7 cm³/mol. The molecule has 0 aliphatic carbocycles. The van der Waals surface area contributed by atoms with Crippen molar-refractivity contribution in [1.82, 2.24) is 9.97 Å². The minimum atomic E-state index is -0.391. The number of ether oxygens (including phenoxy) is 1. The van der Waals surface area contributed by atoms with Crippen molar-refractivity contribution in [3.05, 3.63) is 40.4 Å². The Morgan fingerprint density at radius 3 is 2.63 bits per heavy atom. The van der Waals surface area contributed by atoms with E-state index in [4.69, 9.17) is 10.5 Å². The maximum Gasteiger partial charge on any atom is 0.227 e. The lowest BCUT2D eigenvalue weighted by molar-refractivity contribution is 0.447. The summed E-state index contributed by atoms with van der Waals surface area (Å²) in [5.74, 6) is 0.785. The number of rotatable bonds is 3. The van der Waals surface area contributed by atoms with Crippen LogP contribution in [0.25, 0.3) is 0 Å². The number of nitrogens with zero attached hydrogens (tertiary/aromatic N) is 2. The van der Waals surface area contributed by atoms with Crippen LogP contribution in [0.3, 0.4) is 0 Å². The van der Waals surface area contributed by atoms with Crippen LogP contribution < -0.4 is 10.5 Å². The van der Waals surface area contributed by atoms with Crippen LogP contribution in [0.5, 0.6) is 11.6 Å². The van der Waals surface area contributed by atoms with Gasteiger partial charge in [0, 0.05) is 10.5 Å². The van der Waals surface area contributed by atoms with E-state index >= 15 is 0 Å². The Morgan fingerprint density at radius 2 is 2.00 bits per heavy atom. The molecule has 4 nitrogen and oxygen atoms in total. The van der Waals surface area contributed by atoms with Crippen molar-refractivity contribution < 1.29 is 9.13 Å². The summed E-state index contributed by atoms with van der Waals surface area (Å²) in [6.45, 7) is 3.92.